The Morgan fingerprint density at radius 2 is 2.00 bits per heavy atom. The lowest BCUT2D eigenvalue weighted by Crippen LogP contribution is -2.23. The molecule has 1 aromatic carbocycles. The van der Waals surface area contributed by atoms with Crippen LogP contribution in [0, 0.1) is 8.99 Å². The molecule has 0 aliphatic carbocycles. The van der Waals surface area contributed by atoms with E-state index < -0.39 is 11.4 Å². The fraction of sp³-hybridized carbons (Fsp3) is 0.500. The maximum absolute atomic E-state index is 10.9. The lowest BCUT2D eigenvalue weighted by atomic mass is 9.87. The van der Waals surface area contributed by atoms with Crippen molar-refractivity contribution in [2.75, 3.05) is 6.61 Å². The monoisotopic (exact) mass is 362 g/mol. The lowest BCUT2D eigenvalue weighted by Gasteiger charge is -2.18. The Morgan fingerprint density at radius 3 is 2.61 bits per heavy atom. The third-order valence-corrected chi connectivity index (χ3v) is 3.76. The van der Waals surface area contributed by atoms with E-state index in [1.54, 1.807) is 13.8 Å². The molecule has 0 amide bonds. The van der Waals surface area contributed by atoms with Gasteiger partial charge in [-0.15, -0.1) is 0 Å². The van der Waals surface area contributed by atoms with Crippen LogP contribution in [0.4, 0.5) is 0 Å². The number of rotatable bonds is 7. The number of carboxylic acid groups (broad SMARTS) is 1. The molecular formula is C14H19IO3. The number of carboxylic acids is 1. The molecule has 4 heteroatoms. The number of unbranched alkanes of at least 4 members (excludes halogenated alkanes) is 1. The summed E-state index contributed by atoms with van der Waals surface area (Å²) in [5.41, 5.74) is -0.638. The van der Waals surface area contributed by atoms with Crippen molar-refractivity contribution in [3.63, 3.8) is 0 Å². The van der Waals surface area contributed by atoms with Crippen molar-refractivity contribution >= 4 is 28.6 Å². The van der Waals surface area contributed by atoms with Crippen LogP contribution in [-0.2, 0) is 4.79 Å². The van der Waals surface area contributed by atoms with Crippen LogP contribution < -0.4 is 4.74 Å². The summed E-state index contributed by atoms with van der Waals surface area (Å²) in [6.07, 6.45) is 2.42. The van der Waals surface area contributed by atoms with Crippen LogP contribution in [-0.4, -0.2) is 17.7 Å². The molecule has 0 aliphatic rings. The number of para-hydroxylation sites is 1. The van der Waals surface area contributed by atoms with E-state index >= 15 is 0 Å². The first-order valence-electron chi connectivity index (χ1n) is 6.04. The summed E-state index contributed by atoms with van der Waals surface area (Å²) in [6, 6.07) is 7.88. The molecular weight excluding hydrogens is 343 g/mol. The highest BCUT2D eigenvalue weighted by atomic mass is 127. The molecule has 0 spiro atoms. The van der Waals surface area contributed by atoms with Crippen molar-refractivity contribution in [1.29, 1.82) is 0 Å². The molecule has 0 aromatic heterocycles. The quantitative estimate of drug-likeness (QED) is 0.590. The molecule has 0 atom stereocenters. The first-order valence-corrected chi connectivity index (χ1v) is 7.12. The van der Waals surface area contributed by atoms with Gasteiger partial charge in [-0.3, -0.25) is 4.79 Å². The second kappa shape index (κ2) is 6.97. The molecule has 0 heterocycles. The largest absolute Gasteiger partial charge is 0.492 e. The third kappa shape index (κ3) is 4.84. The van der Waals surface area contributed by atoms with E-state index in [0.29, 0.717) is 13.0 Å². The first-order chi connectivity index (χ1) is 8.43. The maximum atomic E-state index is 10.9. The van der Waals surface area contributed by atoms with Crippen LogP contribution in [0.3, 0.4) is 0 Å². The van der Waals surface area contributed by atoms with Gasteiger partial charge in [0.2, 0.25) is 0 Å². The Hall–Kier alpha value is -0.780. The molecule has 0 bridgehead atoms. The van der Waals surface area contributed by atoms with Gasteiger partial charge in [0.05, 0.1) is 15.6 Å². The topological polar surface area (TPSA) is 46.5 Å². The third-order valence-electron chi connectivity index (χ3n) is 2.87. The van der Waals surface area contributed by atoms with Crippen LogP contribution in [0.25, 0.3) is 0 Å². The number of ether oxygens (including phenoxy) is 1. The van der Waals surface area contributed by atoms with Crippen molar-refractivity contribution in [3.05, 3.63) is 27.8 Å². The molecule has 1 aromatic rings. The van der Waals surface area contributed by atoms with Crippen LogP contribution in [0.1, 0.15) is 33.1 Å². The van der Waals surface area contributed by atoms with Crippen LogP contribution in [0.2, 0.25) is 0 Å². The fourth-order valence-corrected chi connectivity index (χ4v) is 2.06. The zero-order valence-corrected chi connectivity index (χ0v) is 12.9. The first kappa shape index (κ1) is 15.3. The van der Waals surface area contributed by atoms with E-state index in [1.807, 2.05) is 24.3 Å². The van der Waals surface area contributed by atoms with E-state index in [4.69, 9.17) is 9.84 Å². The number of benzene rings is 1. The van der Waals surface area contributed by atoms with Crippen molar-refractivity contribution in [2.45, 2.75) is 33.1 Å². The molecule has 0 aliphatic heterocycles. The summed E-state index contributed by atoms with van der Waals surface area (Å²) in [5, 5.41) is 8.98. The zero-order valence-electron chi connectivity index (χ0n) is 10.8. The van der Waals surface area contributed by atoms with Crippen LogP contribution in [0.5, 0.6) is 5.75 Å². The van der Waals surface area contributed by atoms with Gasteiger partial charge < -0.3 is 9.84 Å². The van der Waals surface area contributed by atoms with Gasteiger partial charge in [0.25, 0.3) is 0 Å². The van der Waals surface area contributed by atoms with Gasteiger partial charge in [-0.1, -0.05) is 12.1 Å². The standard InChI is InChI=1S/C14H19IO3/c1-14(2,13(16)17)9-5-6-10-18-12-8-4-3-7-11(12)15/h3-4,7-8H,5-6,9-10H2,1-2H3,(H,16,17). The molecule has 3 nitrogen and oxygen atoms in total. The molecule has 1 N–H and O–H groups in total. The molecule has 0 saturated heterocycles. The highest BCUT2D eigenvalue weighted by Gasteiger charge is 2.25. The van der Waals surface area contributed by atoms with Crippen LogP contribution in [0.15, 0.2) is 24.3 Å². The van der Waals surface area contributed by atoms with Crippen molar-refractivity contribution < 1.29 is 14.6 Å². The molecule has 1 rings (SSSR count). The van der Waals surface area contributed by atoms with E-state index in [2.05, 4.69) is 22.6 Å². The van der Waals surface area contributed by atoms with Gasteiger partial charge in [0.15, 0.2) is 0 Å². The summed E-state index contributed by atoms with van der Waals surface area (Å²) < 4.78 is 6.76. The second-order valence-corrected chi connectivity index (χ2v) is 6.09. The van der Waals surface area contributed by atoms with Gasteiger partial charge in [-0.05, 0) is 67.8 Å². The van der Waals surface area contributed by atoms with E-state index in [-0.39, 0.29) is 0 Å². The minimum Gasteiger partial charge on any atom is -0.492 e. The average Bonchev–Trinajstić information content (AvgIpc) is 2.30. The molecule has 18 heavy (non-hydrogen) atoms. The minimum atomic E-state index is -0.735. The van der Waals surface area contributed by atoms with Gasteiger partial charge in [-0.25, -0.2) is 0 Å². The van der Waals surface area contributed by atoms with E-state index in [0.717, 1.165) is 22.2 Å². The Kier molecular flexibility index (Phi) is 5.91. The number of hydrogen-bond donors (Lipinski definition) is 1. The number of carbonyl (C=O) groups is 1. The zero-order chi connectivity index (χ0) is 13.6. The highest BCUT2D eigenvalue weighted by Crippen LogP contribution is 2.24. The normalized spacial score (nSPS) is 11.3. The molecule has 0 radical (unpaired) electrons. The van der Waals surface area contributed by atoms with Crippen molar-refractivity contribution in [1.82, 2.24) is 0 Å². The number of halogens is 1. The Balaban J connectivity index is 2.24. The lowest BCUT2D eigenvalue weighted by molar-refractivity contribution is -0.147. The van der Waals surface area contributed by atoms with E-state index in [9.17, 15) is 4.79 Å². The summed E-state index contributed by atoms with van der Waals surface area (Å²) in [7, 11) is 0. The Bertz CT molecular complexity index is 402. The van der Waals surface area contributed by atoms with Gasteiger partial charge in [0.1, 0.15) is 5.75 Å². The SMILES string of the molecule is CC(C)(CCCCOc1ccccc1I)C(=O)O. The average molecular weight is 362 g/mol. The summed E-state index contributed by atoms with van der Waals surface area (Å²) in [5.74, 6) is 0.164. The second-order valence-electron chi connectivity index (χ2n) is 4.93. The molecule has 100 valence electrons. The fourth-order valence-electron chi connectivity index (χ4n) is 1.52. The molecule has 0 fully saturated rings. The van der Waals surface area contributed by atoms with Gasteiger partial charge >= 0.3 is 5.97 Å². The summed E-state index contributed by atoms with van der Waals surface area (Å²) in [4.78, 5) is 10.9. The number of hydrogen-bond acceptors (Lipinski definition) is 2. The van der Waals surface area contributed by atoms with Gasteiger partial charge in [-0.2, -0.15) is 0 Å². The minimum absolute atomic E-state index is 0.635. The molecule has 0 saturated carbocycles. The van der Waals surface area contributed by atoms with E-state index in [1.165, 1.54) is 0 Å². The predicted octanol–water partition coefficient (Wildman–Crippen LogP) is 3.95. The van der Waals surface area contributed by atoms with Crippen molar-refractivity contribution in [3.8, 4) is 5.75 Å². The van der Waals surface area contributed by atoms with Crippen LogP contribution >= 0.6 is 22.6 Å². The predicted molar refractivity (Wildman–Crippen MR) is 79.9 cm³/mol. The Morgan fingerprint density at radius 1 is 1.33 bits per heavy atom. The summed E-state index contributed by atoms with van der Waals surface area (Å²) in [6.45, 7) is 4.16. The summed E-state index contributed by atoms with van der Waals surface area (Å²) >= 11 is 2.24. The van der Waals surface area contributed by atoms with Gasteiger partial charge in [0, 0.05) is 0 Å². The Labute approximate surface area is 122 Å². The maximum Gasteiger partial charge on any atom is 0.309 e. The smallest absolute Gasteiger partial charge is 0.309 e. The highest BCUT2D eigenvalue weighted by molar-refractivity contribution is 14.1. The number of aliphatic carboxylic acids is 1. The van der Waals surface area contributed by atoms with Crippen molar-refractivity contribution in [2.24, 2.45) is 5.41 Å². The molecule has 0 unspecified atom stereocenters.